The minimum Gasteiger partial charge on any atom is -0.379 e. The number of hydrogen-bond donors (Lipinski definition) is 1. The maximum atomic E-state index is 12.7. The van der Waals surface area contributed by atoms with Gasteiger partial charge in [-0.3, -0.25) is 0 Å². The molecule has 6 heteroatoms. The highest BCUT2D eigenvalue weighted by atomic mass is 19.4. The number of alkyl halides is 3. The lowest BCUT2D eigenvalue weighted by Crippen LogP contribution is -2.22. The lowest BCUT2D eigenvalue weighted by molar-refractivity contribution is -0.208. The topological polar surface area (TPSA) is 20.2 Å². The number of aliphatic hydroxyl groups is 1. The largest absolute Gasteiger partial charge is 0.418 e. The molecule has 0 fully saturated rings. The molecule has 1 nitrogen and oxygen atoms in total. The zero-order valence-corrected chi connectivity index (χ0v) is 6.65. The van der Waals surface area contributed by atoms with Gasteiger partial charge >= 0.3 is 6.18 Å². The molecule has 0 heterocycles. The van der Waals surface area contributed by atoms with Crippen LogP contribution in [-0.2, 0) is 0 Å². The van der Waals surface area contributed by atoms with Crippen LogP contribution in [0, 0.1) is 11.6 Å². The standard InChI is InChI=1S/C8H5F5O/c9-4-2-1-3-5(10)6(4)7(14)8(11,12)13/h1-3,7,14H/t7-/m1/s1. The molecule has 0 saturated carbocycles. The number of aliphatic hydroxyl groups excluding tert-OH is 1. The van der Waals surface area contributed by atoms with Crippen LogP contribution in [0.15, 0.2) is 18.2 Å². The van der Waals surface area contributed by atoms with E-state index in [2.05, 4.69) is 0 Å². The molecule has 0 aliphatic rings. The number of hydrogen-bond acceptors (Lipinski definition) is 1. The van der Waals surface area contributed by atoms with Crippen molar-refractivity contribution in [3.8, 4) is 0 Å². The van der Waals surface area contributed by atoms with Crippen molar-refractivity contribution in [2.24, 2.45) is 0 Å². The van der Waals surface area contributed by atoms with Gasteiger partial charge in [0.1, 0.15) is 11.6 Å². The fourth-order valence-corrected chi connectivity index (χ4v) is 0.936. The van der Waals surface area contributed by atoms with Crippen LogP contribution in [0.5, 0.6) is 0 Å². The molecule has 1 aromatic carbocycles. The summed E-state index contributed by atoms with van der Waals surface area (Å²) in [5, 5.41) is 8.61. The number of halogens is 5. The van der Waals surface area contributed by atoms with Gasteiger partial charge in [0.15, 0.2) is 6.10 Å². The summed E-state index contributed by atoms with van der Waals surface area (Å²) in [4.78, 5) is 0. The van der Waals surface area contributed by atoms with Gasteiger partial charge in [0, 0.05) is 0 Å². The van der Waals surface area contributed by atoms with Crippen molar-refractivity contribution in [3.05, 3.63) is 35.4 Å². The lowest BCUT2D eigenvalue weighted by atomic mass is 10.1. The second-order valence-corrected chi connectivity index (χ2v) is 2.58. The SMILES string of the molecule is O[C@H](c1c(F)cccc1F)C(F)(F)F. The Morgan fingerprint density at radius 3 is 1.86 bits per heavy atom. The van der Waals surface area contributed by atoms with Gasteiger partial charge in [0.25, 0.3) is 0 Å². The Balaban J connectivity index is 3.19. The molecule has 0 aromatic heterocycles. The van der Waals surface area contributed by atoms with Crippen LogP contribution in [0.4, 0.5) is 22.0 Å². The fourth-order valence-electron chi connectivity index (χ4n) is 0.936. The zero-order valence-electron chi connectivity index (χ0n) is 6.65. The van der Waals surface area contributed by atoms with Crippen molar-refractivity contribution in [2.75, 3.05) is 0 Å². The Kier molecular flexibility index (Phi) is 2.75. The average Bonchev–Trinajstić information content (AvgIpc) is 2.01. The van der Waals surface area contributed by atoms with Crippen molar-refractivity contribution in [2.45, 2.75) is 12.3 Å². The van der Waals surface area contributed by atoms with Crippen molar-refractivity contribution in [1.82, 2.24) is 0 Å². The van der Waals surface area contributed by atoms with Gasteiger partial charge in [-0.25, -0.2) is 8.78 Å². The summed E-state index contributed by atoms with van der Waals surface area (Å²) < 4.78 is 61.2. The van der Waals surface area contributed by atoms with Gasteiger partial charge in [-0.2, -0.15) is 13.2 Å². The summed E-state index contributed by atoms with van der Waals surface area (Å²) in [5.41, 5.74) is -1.38. The van der Waals surface area contributed by atoms with Gasteiger partial charge < -0.3 is 5.11 Å². The molecule has 1 aromatic rings. The lowest BCUT2D eigenvalue weighted by Gasteiger charge is -2.15. The quantitative estimate of drug-likeness (QED) is 0.709. The van der Waals surface area contributed by atoms with E-state index in [0.29, 0.717) is 12.1 Å². The number of benzene rings is 1. The van der Waals surface area contributed by atoms with Crippen LogP contribution in [0.1, 0.15) is 11.7 Å². The maximum Gasteiger partial charge on any atom is 0.418 e. The Hall–Kier alpha value is -1.17. The third kappa shape index (κ3) is 2.01. The van der Waals surface area contributed by atoms with Crippen molar-refractivity contribution in [1.29, 1.82) is 0 Å². The average molecular weight is 212 g/mol. The Labute approximate surface area is 75.8 Å². The van der Waals surface area contributed by atoms with E-state index in [1.807, 2.05) is 0 Å². The summed E-state index contributed by atoms with van der Waals surface area (Å²) in [7, 11) is 0. The fraction of sp³-hybridized carbons (Fsp3) is 0.250. The van der Waals surface area contributed by atoms with Crippen LogP contribution in [0.25, 0.3) is 0 Å². The minimum absolute atomic E-state index is 0.646. The molecule has 0 bridgehead atoms. The van der Waals surface area contributed by atoms with E-state index in [1.54, 1.807) is 0 Å². The van der Waals surface area contributed by atoms with Gasteiger partial charge in [0.05, 0.1) is 5.56 Å². The molecule has 14 heavy (non-hydrogen) atoms. The first-order valence-corrected chi connectivity index (χ1v) is 3.52. The summed E-state index contributed by atoms with van der Waals surface area (Å²) in [6.07, 6.45) is -8.22. The molecule has 1 N–H and O–H groups in total. The van der Waals surface area contributed by atoms with E-state index in [-0.39, 0.29) is 0 Å². The molecule has 1 rings (SSSR count). The Morgan fingerprint density at radius 2 is 1.50 bits per heavy atom. The molecular formula is C8H5F5O. The molecule has 0 aliphatic heterocycles. The van der Waals surface area contributed by atoms with E-state index >= 15 is 0 Å². The molecule has 78 valence electrons. The summed E-state index contributed by atoms with van der Waals surface area (Å²) in [5.74, 6) is -2.84. The van der Waals surface area contributed by atoms with Crippen LogP contribution >= 0.6 is 0 Å². The Bertz CT molecular complexity index is 313. The van der Waals surface area contributed by atoms with E-state index in [1.165, 1.54) is 0 Å². The van der Waals surface area contributed by atoms with Crippen molar-refractivity contribution in [3.63, 3.8) is 0 Å². The smallest absolute Gasteiger partial charge is 0.379 e. The zero-order chi connectivity index (χ0) is 10.9. The van der Waals surface area contributed by atoms with Crippen LogP contribution in [0.3, 0.4) is 0 Å². The highest BCUT2D eigenvalue weighted by Crippen LogP contribution is 2.34. The first-order chi connectivity index (χ1) is 6.34. The molecule has 0 amide bonds. The minimum atomic E-state index is -5.08. The second kappa shape index (κ2) is 3.53. The maximum absolute atomic E-state index is 12.7. The van der Waals surface area contributed by atoms with Crippen LogP contribution in [0.2, 0.25) is 0 Å². The van der Waals surface area contributed by atoms with E-state index < -0.39 is 29.5 Å². The van der Waals surface area contributed by atoms with Gasteiger partial charge in [-0.1, -0.05) is 6.07 Å². The van der Waals surface area contributed by atoms with Gasteiger partial charge in [-0.15, -0.1) is 0 Å². The van der Waals surface area contributed by atoms with E-state index in [0.717, 1.165) is 6.07 Å². The molecule has 0 radical (unpaired) electrons. The predicted octanol–water partition coefficient (Wildman–Crippen LogP) is 2.56. The molecule has 0 spiro atoms. The molecule has 0 aliphatic carbocycles. The molecule has 0 unspecified atom stereocenters. The summed E-state index contributed by atoms with van der Waals surface area (Å²) >= 11 is 0. The predicted molar refractivity (Wildman–Crippen MR) is 37.4 cm³/mol. The first kappa shape index (κ1) is 10.9. The first-order valence-electron chi connectivity index (χ1n) is 3.52. The summed E-state index contributed by atoms with van der Waals surface area (Å²) in [6.45, 7) is 0. The van der Waals surface area contributed by atoms with Crippen molar-refractivity contribution < 1.29 is 27.1 Å². The second-order valence-electron chi connectivity index (χ2n) is 2.58. The molecule has 1 atom stereocenters. The van der Waals surface area contributed by atoms with Gasteiger partial charge in [0.2, 0.25) is 0 Å². The third-order valence-electron chi connectivity index (χ3n) is 1.58. The van der Waals surface area contributed by atoms with E-state index in [4.69, 9.17) is 5.11 Å². The highest BCUT2D eigenvalue weighted by Gasteiger charge is 2.42. The summed E-state index contributed by atoms with van der Waals surface area (Å²) in [6, 6.07) is 2.21. The van der Waals surface area contributed by atoms with Crippen LogP contribution in [-0.4, -0.2) is 11.3 Å². The molecule has 0 saturated heterocycles. The van der Waals surface area contributed by atoms with E-state index in [9.17, 15) is 22.0 Å². The highest BCUT2D eigenvalue weighted by molar-refractivity contribution is 5.23. The van der Waals surface area contributed by atoms with Crippen molar-refractivity contribution >= 4 is 0 Å². The number of rotatable bonds is 1. The Morgan fingerprint density at radius 1 is 1.07 bits per heavy atom. The third-order valence-corrected chi connectivity index (χ3v) is 1.58. The normalized spacial score (nSPS) is 14.1. The van der Waals surface area contributed by atoms with Crippen LogP contribution < -0.4 is 0 Å². The molecular weight excluding hydrogens is 207 g/mol. The monoisotopic (exact) mass is 212 g/mol. The van der Waals surface area contributed by atoms with Gasteiger partial charge in [-0.05, 0) is 12.1 Å².